The van der Waals surface area contributed by atoms with E-state index in [1.54, 1.807) is 53.0 Å². The molecule has 0 N–H and O–H groups in total. The molecule has 8 aromatic rings. The van der Waals surface area contributed by atoms with E-state index < -0.39 is 0 Å². The summed E-state index contributed by atoms with van der Waals surface area (Å²) in [5.74, 6) is 1.09. The van der Waals surface area contributed by atoms with Crippen molar-refractivity contribution < 1.29 is 13.5 Å². The molecule has 0 aliphatic carbocycles. The SMILES string of the molecule is c1cnc(-c2nn(-c3csnn3)c3c(-c4ncco4)c(-c4conn4)c(-c4ccon4)c(-c4cccnn4)c23)nc1. The maximum absolute atomic E-state index is 5.90. The molecule has 15 nitrogen and oxygen atoms in total. The third kappa shape index (κ3) is 3.62. The summed E-state index contributed by atoms with van der Waals surface area (Å²) in [5.41, 5.74) is 4.57. The van der Waals surface area contributed by atoms with Crippen LogP contribution in [0.5, 0.6) is 0 Å². The van der Waals surface area contributed by atoms with Crippen molar-refractivity contribution in [2.75, 3.05) is 0 Å². The highest BCUT2D eigenvalue weighted by Crippen LogP contribution is 2.51. The maximum Gasteiger partial charge on any atom is 0.228 e. The highest BCUT2D eigenvalue weighted by Gasteiger charge is 2.34. The Labute approximate surface area is 231 Å². The fourth-order valence-corrected chi connectivity index (χ4v) is 5.17. The van der Waals surface area contributed by atoms with E-state index in [2.05, 4.69) is 50.3 Å². The number of hydrogen-bond donors (Lipinski definition) is 0. The number of oxazole rings is 1. The van der Waals surface area contributed by atoms with E-state index in [-0.39, 0.29) is 5.89 Å². The smallest absolute Gasteiger partial charge is 0.228 e. The zero-order valence-corrected chi connectivity index (χ0v) is 21.2. The molecule has 1 aromatic carbocycles. The van der Waals surface area contributed by atoms with Gasteiger partial charge in [-0.3, -0.25) is 0 Å². The van der Waals surface area contributed by atoms with Gasteiger partial charge in [-0.25, -0.2) is 19.6 Å². The highest BCUT2D eigenvalue weighted by molar-refractivity contribution is 7.03. The lowest BCUT2D eigenvalue weighted by atomic mass is 9.86. The standard InChI is InChI=1S/C25H12N12O3S/c1-3-13(30-29-7-1)17-18(14-4-9-39-34-14)19(15-11-40-35-31-15)21(25-28-8-10-38-25)23-20(17)22(24-26-5-2-6-27-24)33-37(23)16-12-41-36-32-16/h1-12H. The van der Waals surface area contributed by atoms with Gasteiger partial charge in [-0.2, -0.15) is 15.3 Å². The van der Waals surface area contributed by atoms with Crippen LogP contribution in [-0.2, 0) is 0 Å². The second-order valence-electron chi connectivity index (χ2n) is 8.44. The summed E-state index contributed by atoms with van der Waals surface area (Å²) in [7, 11) is 0. The number of hydrogen-bond acceptors (Lipinski definition) is 15. The van der Waals surface area contributed by atoms with Crippen molar-refractivity contribution in [1.82, 2.24) is 60.0 Å². The first-order valence-corrected chi connectivity index (χ1v) is 12.8. The van der Waals surface area contributed by atoms with Gasteiger partial charge in [0, 0.05) is 52.0 Å². The van der Waals surface area contributed by atoms with Gasteiger partial charge in [-0.1, -0.05) is 9.64 Å². The Balaban J connectivity index is 1.69. The van der Waals surface area contributed by atoms with E-state index in [9.17, 15) is 0 Å². The van der Waals surface area contributed by atoms with Crippen LogP contribution in [0, 0.1) is 0 Å². The molecule has 0 aliphatic rings. The second-order valence-corrected chi connectivity index (χ2v) is 9.05. The molecule has 41 heavy (non-hydrogen) atoms. The van der Waals surface area contributed by atoms with Crippen LogP contribution in [0.15, 0.2) is 86.7 Å². The van der Waals surface area contributed by atoms with Gasteiger partial charge in [0.2, 0.25) is 5.89 Å². The van der Waals surface area contributed by atoms with Crippen molar-refractivity contribution in [3.63, 3.8) is 0 Å². The zero-order valence-electron chi connectivity index (χ0n) is 20.4. The molecule has 0 saturated carbocycles. The molecule has 0 saturated heterocycles. The average molecular weight is 561 g/mol. The van der Waals surface area contributed by atoms with Gasteiger partial charge in [0.1, 0.15) is 29.6 Å². The van der Waals surface area contributed by atoms with Gasteiger partial charge in [-0.05, 0) is 29.7 Å². The van der Waals surface area contributed by atoms with Crippen LogP contribution in [0.3, 0.4) is 0 Å². The first-order chi connectivity index (χ1) is 20.4. The summed E-state index contributed by atoms with van der Waals surface area (Å²) >= 11 is 1.18. The van der Waals surface area contributed by atoms with E-state index >= 15 is 0 Å². The summed E-state index contributed by atoms with van der Waals surface area (Å²) in [5, 5.41) is 32.6. The Hall–Kier alpha value is -6.03. The molecule has 0 aliphatic heterocycles. The molecular formula is C25H12N12O3S. The molecule has 0 fully saturated rings. The van der Waals surface area contributed by atoms with E-state index in [1.807, 2.05) is 6.07 Å². The molecule has 0 atom stereocenters. The topological polar surface area (TPSA) is 186 Å². The number of fused-ring (bicyclic) bond motifs is 1. The predicted molar refractivity (Wildman–Crippen MR) is 141 cm³/mol. The van der Waals surface area contributed by atoms with Crippen LogP contribution >= 0.6 is 11.5 Å². The molecule has 0 radical (unpaired) electrons. The third-order valence-electron chi connectivity index (χ3n) is 6.25. The quantitative estimate of drug-likeness (QED) is 0.282. The van der Waals surface area contributed by atoms with Crippen LogP contribution in [0.25, 0.3) is 73.5 Å². The Kier molecular flexibility index (Phi) is 5.20. The molecule has 8 rings (SSSR count). The largest absolute Gasteiger partial charge is 0.444 e. The maximum atomic E-state index is 5.90. The van der Waals surface area contributed by atoms with Gasteiger partial charge >= 0.3 is 0 Å². The fraction of sp³-hybridized carbons (Fsp3) is 0. The Bertz CT molecular complexity index is 2080. The van der Waals surface area contributed by atoms with Crippen LogP contribution in [0.4, 0.5) is 0 Å². The molecular weight excluding hydrogens is 548 g/mol. The van der Waals surface area contributed by atoms with Crippen molar-refractivity contribution in [2.45, 2.75) is 0 Å². The van der Waals surface area contributed by atoms with Crippen molar-refractivity contribution in [1.29, 1.82) is 0 Å². The van der Waals surface area contributed by atoms with Gasteiger partial charge in [-0.15, -0.1) is 10.2 Å². The molecule has 7 heterocycles. The molecule has 0 bridgehead atoms. The lowest BCUT2D eigenvalue weighted by Gasteiger charge is -2.17. The summed E-state index contributed by atoms with van der Waals surface area (Å²) < 4.78 is 22.1. The average Bonchev–Trinajstić information content (AvgIpc) is 3.87. The van der Waals surface area contributed by atoms with Gasteiger partial charge in [0.05, 0.1) is 28.4 Å². The second kappa shape index (κ2) is 9.31. The summed E-state index contributed by atoms with van der Waals surface area (Å²) in [6.07, 6.45) is 10.8. The molecule has 0 amide bonds. The van der Waals surface area contributed by atoms with E-state index in [0.717, 1.165) is 0 Å². The van der Waals surface area contributed by atoms with Crippen molar-refractivity contribution >= 4 is 22.4 Å². The number of rotatable bonds is 6. The Morgan fingerprint density at radius 3 is 2.39 bits per heavy atom. The van der Waals surface area contributed by atoms with Crippen molar-refractivity contribution in [3.05, 3.63) is 73.2 Å². The third-order valence-corrected chi connectivity index (χ3v) is 6.74. The highest BCUT2D eigenvalue weighted by atomic mass is 32.1. The normalized spacial score (nSPS) is 11.4. The molecule has 0 unspecified atom stereocenters. The molecule has 0 spiro atoms. The number of nitrogens with zero attached hydrogens (tertiary/aromatic N) is 12. The first-order valence-electron chi connectivity index (χ1n) is 11.9. The first kappa shape index (κ1) is 22.9. The van der Waals surface area contributed by atoms with E-state index in [4.69, 9.17) is 18.6 Å². The molecule has 16 heteroatoms. The molecule has 7 aromatic heterocycles. The van der Waals surface area contributed by atoms with Crippen LogP contribution in [0.1, 0.15) is 0 Å². The van der Waals surface area contributed by atoms with E-state index in [0.29, 0.717) is 67.6 Å². The summed E-state index contributed by atoms with van der Waals surface area (Å²) in [4.78, 5) is 13.6. The van der Waals surface area contributed by atoms with Crippen molar-refractivity contribution in [2.24, 2.45) is 0 Å². The Morgan fingerprint density at radius 1 is 0.756 bits per heavy atom. The molecule has 196 valence electrons. The van der Waals surface area contributed by atoms with Gasteiger partial charge in [0.15, 0.2) is 17.9 Å². The Morgan fingerprint density at radius 2 is 1.68 bits per heavy atom. The lowest BCUT2D eigenvalue weighted by Crippen LogP contribution is -2.03. The van der Waals surface area contributed by atoms with Gasteiger partial charge < -0.3 is 13.5 Å². The minimum absolute atomic E-state index is 0.272. The minimum atomic E-state index is 0.272. The van der Waals surface area contributed by atoms with Gasteiger partial charge in [0.25, 0.3) is 0 Å². The van der Waals surface area contributed by atoms with Crippen LogP contribution in [0.2, 0.25) is 0 Å². The monoisotopic (exact) mass is 560 g/mol. The fourth-order valence-electron chi connectivity index (χ4n) is 4.75. The number of benzene rings is 1. The predicted octanol–water partition coefficient (Wildman–Crippen LogP) is 4.15. The lowest BCUT2D eigenvalue weighted by molar-refractivity contribution is 0.393. The zero-order chi connectivity index (χ0) is 27.2. The van der Waals surface area contributed by atoms with Crippen LogP contribution < -0.4 is 0 Å². The van der Waals surface area contributed by atoms with Crippen LogP contribution in [-0.4, -0.2) is 60.0 Å². The summed E-state index contributed by atoms with van der Waals surface area (Å²) in [6, 6.07) is 7.07. The minimum Gasteiger partial charge on any atom is -0.444 e. The number of aromatic nitrogens is 12. The van der Waals surface area contributed by atoms with E-state index in [1.165, 1.54) is 30.3 Å². The summed E-state index contributed by atoms with van der Waals surface area (Å²) in [6.45, 7) is 0. The van der Waals surface area contributed by atoms with Crippen molar-refractivity contribution in [3.8, 4) is 62.6 Å².